The van der Waals surface area contributed by atoms with Crippen LogP contribution in [0.1, 0.15) is 11.1 Å². The summed E-state index contributed by atoms with van der Waals surface area (Å²) in [5, 5.41) is 4.43. The van der Waals surface area contributed by atoms with Gasteiger partial charge in [0.2, 0.25) is 0 Å². The van der Waals surface area contributed by atoms with E-state index in [0.29, 0.717) is 6.54 Å². The molecule has 0 aliphatic carbocycles. The summed E-state index contributed by atoms with van der Waals surface area (Å²) in [6, 6.07) is 8.31. The van der Waals surface area contributed by atoms with Gasteiger partial charge < -0.3 is 5.73 Å². The molecule has 1 aromatic heterocycles. The van der Waals surface area contributed by atoms with Gasteiger partial charge >= 0.3 is 0 Å². The third-order valence-electron chi connectivity index (χ3n) is 2.42. The number of nitrogens with zero attached hydrogens (tertiary/aromatic N) is 2. The molecule has 1 heterocycles. The highest BCUT2D eigenvalue weighted by Gasteiger charge is 2.08. The molecule has 3 nitrogen and oxygen atoms in total. The van der Waals surface area contributed by atoms with E-state index in [1.54, 1.807) is 4.68 Å². The van der Waals surface area contributed by atoms with E-state index >= 15 is 0 Å². The molecule has 0 atom stereocenters. The molecule has 78 valence electrons. The molecule has 0 unspecified atom stereocenters. The lowest BCUT2D eigenvalue weighted by atomic mass is 10.1. The molecule has 2 N–H and O–H groups in total. The molecule has 0 radical (unpaired) electrons. The summed E-state index contributed by atoms with van der Waals surface area (Å²) < 4.78 is 1.81. The third-order valence-corrected chi connectivity index (χ3v) is 2.42. The highest BCUT2D eigenvalue weighted by atomic mass is 15.3. The van der Waals surface area contributed by atoms with Crippen molar-refractivity contribution >= 4 is 0 Å². The quantitative estimate of drug-likeness (QED) is 0.806. The van der Waals surface area contributed by atoms with E-state index in [9.17, 15) is 0 Å². The maximum absolute atomic E-state index is 5.69. The van der Waals surface area contributed by atoms with Crippen LogP contribution in [0.25, 0.3) is 11.3 Å². The van der Waals surface area contributed by atoms with Gasteiger partial charge in [0.05, 0.1) is 5.69 Å². The first-order valence-corrected chi connectivity index (χ1v) is 5.00. The van der Waals surface area contributed by atoms with Crippen molar-refractivity contribution in [2.45, 2.75) is 13.5 Å². The molecule has 15 heavy (non-hydrogen) atoms. The SMILES string of the molecule is Cc1cccc(-c2nn(C)cc2CN)c1. The van der Waals surface area contributed by atoms with Crippen LogP contribution in [-0.4, -0.2) is 9.78 Å². The lowest BCUT2D eigenvalue weighted by Crippen LogP contribution is -1.96. The van der Waals surface area contributed by atoms with E-state index in [4.69, 9.17) is 5.73 Å². The van der Waals surface area contributed by atoms with Crippen LogP contribution in [0.2, 0.25) is 0 Å². The zero-order valence-corrected chi connectivity index (χ0v) is 9.07. The van der Waals surface area contributed by atoms with Gasteiger partial charge in [-0.05, 0) is 13.0 Å². The van der Waals surface area contributed by atoms with Crippen LogP contribution in [0.3, 0.4) is 0 Å². The summed E-state index contributed by atoms with van der Waals surface area (Å²) in [7, 11) is 1.92. The second kappa shape index (κ2) is 3.87. The van der Waals surface area contributed by atoms with E-state index in [2.05, 4.69) is 30.2 Å². The zero-order valence-electron chi connectivity index (χ0n) is 9.07. The monoisotopic (exact) mass is 201 g/mol. The maximum atomic E-state index is 5.69. The largest absolute Gasteiger partial charge is 0.326 e. The minimum atomic E-state index is 0.525. The third kappa shape index (κ3) is 1.92. The Labute approximate surface area is 89.5 Å². The molecular formula is C12H15N3. The van der Waals surface area contributed by atoms with Gasteiger partial charge in [0, 0.05) is 30.9 Å². The number of hydrogen-bond donors (Lipinski definition) is 1. The average molecular weight is 201 g/mol. The van der Waals surface area contributed by atoms with Gasteiger partial charge in [-0.15, -0.1) is 0 Å². The maximum Gasteiger partial charge on any atom is 0.0968 e. The number of aromatic nitrogens is 2. The standard InChI is InChI=1S/C12H15N3/c1-9-4-3-5-10(6-9)12-11(7-13)8-15(2)14-12/h3-6,8H,7,13H2,1-2H3. The first-order chi connectivity index (χ1) is 7.20. The summed E-state index contributed by atoms with van der Waals surface area (Å²) >= 11 is 0. The molecule has 2 aromatic rings. The Kier molecular flexibility index (Phi) is 2.56. The predicted molar refractivity (Wildman–Crippen MR) is 61.3 cm³/mol. The fourth-order valence-corrected chi connectivity index (χ4v) is 1.72. The molecule has 0 spiro atoms. The van der Waals surface area contributed by atoms with Crippen molar-refractivity contribution in [2.24, 2.45) is 12.8 Å². The lowest BCUT2D eigenvalue weighted by molar-refractivity contribution is 0.769. The van der Waals surface area contributed by atoms with Crippen LogP contribution in [0, 0.1) is 6.92 Å². The molecule has 0 saturated carbocycles. The fourth-order valence-electron chi connectivity index (χ4n) is 1.72. The second-order valence-electron chi connectivity index (χ2n) is 3.75. The van der Waals surface area contributed by atoms with Crippen molar-refractivity contribution in [2.75, 3.05) is 0 Å². The molecule has 0 fully saturated rings. The average Bonchev–Trinajstić information content (AvgIpc) is 2.59. The number of benzene rings is 1. The smallest absolute Gasteiger partial charge is 0.0968 e. The van der Waals surface area contributed by atoms with Gasteiger partial charge in [-0.1, -0.05) is 23.8 Å². The van der Waals surface area contributed by atoms with Crippen LogP contribution in [0.4, 0.5) is 0 Å². The van der Waals surface area contributed by atoms with Crippen LogP contribution in [0.15, 0.2) is 30.5 Å². The second-order valence-corrected chi connectivity index (χ2v) is 3.75. The molecular weight excluding hydrogens is 186 g/mol. The fraction of sp³-hybridized carbons (Fsp3) is 0.250. The van der Waals surface area contributed by atoms with E-state index in [-0.39, 0.29) is 0 Å². The summed E-state index contributed by atoms with van der Waals surface area (Å²) in [4.78, 5) is 0. The van der Waals surface area contributed by atoms with Gasteiger partial charge in [-0.2, -0.15) is 5.10 Å². The summed E-state index contributed by atoms with van der Waals surface area (Å²) in [5.74, 6) is 0. The number of aryl methyl sites for hydroxylation is 2. The number of rotatable bonds is 2. The summed E-state index contributed by atoms with van der Waals surface area (Å²) in [6.45, 7) is 2.60. The van der Waals surface area contributed by atoms with Crippen molar-refractivity contribution in [3.63, 3.8) is 0 Å². The molecule has 0 aliphatic heterocycles. The van der Waals surface area contributed by atoms with E-state index in [0.717, 1.165) is 16.8 Å². The molecule has 1 aromatic carbocycles. The Morgan fingerprint density at radius 2 is 2.20 bits per heavy atom. The molecule has 2 rings (SSSR count). The topological polar surface area (TPSA) is 43.8 Å². The van der Waals surface area contributed by atoms with Gasteiger partial charge in [-0.3, -0.25) is 4.68 Å². The summed E-state index contributed by atoms with van der Waals surface area (Å²) in [5.41, 5.74) is 10.1. The highest BCUT2D eigenvalue weighted by Crippen LogP contribution is 2.22. The van der Waals surface area contributed by atoms with Crippen molar-refractivity contribution in [3.05, 3.63) is 41.6 Å². The van der Waals surface area contributed by atoms with Crippen LogP contribution >= 0.6 is 0 Å². The van der Waals surface area contributed by atoms with E-state index in [1.165, 1.54) is 5.56 Å². The van der Waals surface area contributed by atoms with Crippen molar-refractivity contribution in [3.8, 4) is 11.3 Å². The molecule has 3 heteroatoms. The van der Waals surface area contributed by atoms with Gasteiger partial charge in [0.1, 0.15) is 0 Å². The first-order valence-electron chi connectivity index (χ1n) is 5.00. The Balaban J connectivity index is 2.53. The summed E-state index contributed by atoms with van der Waals surface area (Å²) in [6.07, 6.45) is 1.97. The zero-order chi connectivity index (χ0) is 10.8. The van der Waals surface area contributed by atoms with E-state index in [1.807, 2.05) is 19.3 Å². The Hall–Kier alpha value is -1.61. The van der Waals surface area contributed by atoms with E-state index < -0.39 is 0 Å². The highest BCUT2D eigenvalue weighted by molar-refractivity contribution is 5.63. The minimum absolute atomic E-state index is 0.525. The van der Waals surface area contributed by atoms with Gasteiger partial charge in [0.25, 0.3) is 0 Å². The van der Waals surface area contributed by atoms with Gasteiger partial charge in [0.15, 0.2) is 0 Å². The lowest BCUT2D eigenvalue weighted by Gasteiger charge is -2.00. The minimum Gasteiger partial charge on any atom is -0.326 e. The number of hydrogen-bond acceptors (Lipinski definition) is 2. The van der Waals surface area contributed by atoms with Crippen LogP contribution in [0.5, 0.6) is 0 Å². The predicted octanol–water partition coefficient (Wildman–Crippen LogP) is 1.85. The Bertz CT molecular complexity index is 471. The molecule has 0 amide bonds. The van der Waals surface area contributed by atoms with Crippen molar-refractivity contribution in [1.82, 2.24) is 9.78 Å². The number of nitrogens with two attached hydrogens (primary N) is 1. The van der Waals surface area contributed by atoms with Crippen LogP contribution in [-0.2, 0) is 13.6 Å². The molecule has 0 bridgehead atoms. The molecule has 0 aliphatic rings. The normalized spacial score (nSPS) is 10.6. The Morgan fingerprint density at radius 1 is 1.40 bits per heavy atom. The first kappa shape index (κ1) is 9.93. The Morgan fingerprint density at radius 3 is 2.87 bits per heavy atom. The van der Waals surface area contributed by atoms with Gasteiger partial charge in [-0.25, -0.2) is 0 Å². The van der Waals surface area contributed by atoms with Crippen molar-refractivity contribution in [1.29, 1.82) is 0 Å². The van der Waals surface area contributed by atoms with Crippen molar-refractivity contribution < 1.29 is 0 Å². The van der Waals surface area contributed by atoms with Crippen LogP contribution < -0.4 is 5.73 Å². The molecule has 0 saturated heterocycles.